The van der Waals surface area contributed by atoms with Crippen LogP contribution in [0.3, 0.4) is 0 Å². The second-order valence-corrected chi connectivity index (χ2v) is 10.5. The molecule has 2 rings (SSSR count). The Kier molecular flexibility index (Phi) is 6.47. The van der Waals surface area contributed by atoms with Crippen molar-refractivity contribution in [3.63, 3.8) is 0 Å². The van der Waals surface area contributed by atoms with Crippen LogP contribution in [0.5, 0.6) is 0 Å². The Morgan fingerprint density at radius 3 is 2.07 bits per heavy atom. The maximum absolute atomic E-state index is 12.5. The van der Waals surface area contributed by atoms with Crippen LogP contribution in [-0.2, 0) is 15.6 Å². The fourth-order valence-electron chi connectivity index (χ4n) is 2.48. The molecule has 28 heavy (non-hydrogen) atoms. The number of rotatable bonds is 6. The SMILES string of the molecule is CC(C)c1cncc(C(C)C)c1NC(=O)NS(=O)(=O)c1ncc(C(C)(C)O)s1. The average Bonchev–Trinajstić information content (AvgIpc) is 3.05. The highest BCUT2D eigenvalue weighted by molar-refractivity contribution is 7.92. The lowest BCUT2D eigenvalue weighted by molar-refractivity contribution is 0.0823. The van der Waals surface area contributed by atoms with Gasteiger partial charge >= 0.3 is 6.03 Å². The Morgan fingerprint density at radius 2 is 1.64 bits per heavy atom. The third-order valence-corrected chi connectivity index (χ3v) is 7.06. The Labute approximate surface area is 169 Å². The predicted octanol–water partition coefficient (Wildman–Crippen LogP) is 3.52. The van der Waals surface area contributed by atoms with E-state index in [2.05, 4.69) is 15.3 Å². The Bertz CT molecular complexity index is 934. The molecule has 154 valence electrons. The predicted molar refractivity (Wildman–Crippen MR) is 109 cm³/mol. The highest BCUT2D eigenvalue weighted by Gasteiger charge is 2.27. The first-order valence-corrected chi connectivity index (χ1v) is 11.1. The summed E-state index contributed by atoms with van der Waals surface area (Å²) < 4.78 is 26.7. The summed E-state index contributed by atoms with van der Waals surface area (Å²) >= 11 is 0.810. The molecule has 3 N–H and O–H groups in total. The van der Waals surface area contributed by atoms with Gasteiger partial charge in [0.05, 0.1) is 16.2 Å². The number of aliphatic hydroxyl groups is 1. The molecular formula is C18H26N4O4S2. The van der Waals surface area contributed by atoms with E-state index in [4.69, 9.17) is 0 Å². The van der Waals surface area contributed by atoms with Crippen LogP contribution in [0.15, 0.2) is 22.9 Å². The van der Waals surface area contributed by atoms with Crippen molar-refractivity contribution in [3.8, 4) is 0 Å². The molecular weight excluding hydrogens is 400 g/mol. The monoisotopic (exact) mass is 426 g/mol. The first-order valence-electron chi connectivity index (χ1n) is 8.83. The summed E-state index contributed by atoms with van der Waals surface area (Å²) in [6.45, 7) is 10.9. The van der Waals surface area contributed by atoms with Crippen LogP contribution in [0.1, 0.15) is 69.4 Å². The summed E-state index contributed by atoms with van der Waals surface area (Å²) in [7, 11) is -4.17. The molecule has 0 radical (unpaired) electrons. The number of pyridine rings is 1. The van der Waals surface area contributed by atoms with Gasteiger partial charge in [0.15, 0.2) is 0 Å². The number of sulfonamides is 1. The minimum Gasteiger partial charge on any atom is -0.385 e. The number of nitrogens with zero attached hydrogens (tertiary/aromatic N) is 2. The fourth-order valence-corrected chi connectivity index (χ4v) is 4.54. The zero-order valence-corrected chi connectivity index (χ0v) is 18.4. The van der Waals surface area contributed by atoms with E-state index in [1.807, 2.05) is 32.4 Å². The summed E-state index contributed by atoms with van der Waals surface area (Å²) in [5.41, 5.74) is 0.974. The number of aromatic nitrogens is 2. The maximum atomic E-state index is 12.5. The van der Waals surface area contributed by atoms with Crippen LogP contribution in [0.4, 0.5) is 10.5 Å². The summed E-state index contributed by atoms with van der Waals surface area (Å²) in [4.78, 5) is 20.9. The molecule has 0 spiro atoms. The Hall–Kier alpha value is -2.04. The zero-order chi connectivity index (χ0) is 21.3. The molecule has 8 nitrogen and oxygen atoms in total. The van der Waals surface area contributed by atoms with E-state index >= 15 is 0 Å². The van der Waals surface area contributed by atoms with Crippen molar-refractivity contribution < 1.29 is 18.3 Å². The van der Waals surface area contributed by atoms with Crippen LogP contribution < -0.4 is 10.0 Å². The molecule has 0 aliphatic rings. The molecule has 2 amide bonds. The molecule has 0 bridgehead atoms. The number of carbonyl (C=O) groups excluding carboxylic acids is 1. The molecule has 0 unspecified atom stereocenters. The average molecular weight is 427 g/mol. The number of anilines is 1. The molecule has 0 saturated carbocycles. The van der Waals surface area contributed by atoms with Crippen LogP contribution in [0, 0.1) is 0 Å². The molecule has 10 heteroatoms. The normalized spacial score (nSPS) is 12.5. The lowest BCUT2D eigenvalue weighted by Gasteiger charge is -2.19. The minimum atomic E-state index is -4.17. The molecule has 0 fully saturated rings. The quantitative estimate of drug-likeness (QED) is 0.650. The number of hydrogen-bond acceptors (Lipinski definition) is 7. The van der Waals surface area contributed by atoms with E-state index in [1.54, 1.807) is 12.4 Å². The second-order valence-electron chi connectivity index (χ2n) is 7.61. The van der Waals surface area contributed by atoms with Gasteiger partial charge in [-0.05, 0) is 36.8 Å². The number of thiazole rings is 1. The summed E-state index contributed by atoms with van der Waals surface area (Å²) in [6, 6.07) is -0.880. The Balaban J connectivity index is 2.28. The first-order chi connectivity index (χ1) is 12.8. The number of urea groups is 1. The van der Waals surface area contributed by atoms with Gasteiger partial charge in [-0.2, -0.15) is 8.42 Å². The molecule has 2 aromatic heterocycles. The zero-order valence-electron chi connectivity index (χ0n) is 16.8. The maximum Gasteiger partial charge on any atom is 0.333 e. The van der Waals surface area contributed by atoms with Gasteiger partial charge in [-0.25, -0.2) is 14.5 Å². The Morgan fingerprint density at radius 1 is 1.11 bits per heavy atom. The van der Waals surface area contributed by atoms with E-state index in [1.165, 1.54) is 20.0 Å². The second kappa shape index (κ2) is 8.14. The van der Waals surface area contributed by atoms with Gasteiger partial charge in [0.2, 0.25) is 4.34 Å². The van der Waals surface area contributed by atoms with Gasteiger partial charge < -0.3 is 10.4 Å². The van der Waals surface area contributed by atoms with Crippen LogP contribution >= 0.6 is 11.3 Å². The molecule has 0 saturated heterocycles. The largest absolute Gasteiger partial charge is 0.385 e. The van der Waals surface area contributed by atoms with Gasteiger partial charge in [-0.1, -0.05) is 27.7 Å². The van der Waals surface area contributed by atoms with Gasteiger partial charge in [0.1, 0.15) is 0 Å². The standard InChI is InChI=1S/C18H26N4O4S2/c1-10(2)12-7-19-8-13(11(3)4)15(12)21-16(23)22-28(25,26)17-20-9-14(27-17)18(5,6)24/h7-11,24H,1-6H3,(H2,19,21,22,23). The van der Waals surface area contributed by atoms with Crippen molar-refractivity contribution >= 4 is 33.1 Å². The summed E-state index contributed by atoms with van der Waals surface area (Å²) in [6.07, 6.45) is 4.61. The van der Waals surface area contributed by atoms with E-state index in [9.17, 15) is 18.3 Å². The van der Waals surface area contributed by atoms with Crippen LogP contribution in [0.2, 0.25) is 0 Å². The topological polar surface area (TPSA) is 121 Å². The van der Waals surface area contributed by atoms with Gasteiger partial charge in [0, 0.05) is 18.6 Å². The molecule has 2 aromatic rings. The van der Waals surface area contributed by atoms with Crippen molar-refractivity contribution in [2.45, 2.75) is 63.3 Å². The third-order valence-electron chi connectivity index (χ3n) is 4.03. The van der Waals surface area contributed by atoms with Crippen molar-refractivity contribution in [3.05, 3.63) is 34.6 Å². The van der Waals surface area contributed by atoms with E-state index in [0.29, 0.717) is 10.6 Å². The molecule has 0 aliphatic heterocycles. The third kappa shape index (κ3) is 5.06. The number of nitrogens with one attached hydrogen (secondary N) is 2. The number of carbonyl (C=O) groups is 1. The fraction of sp³-hybridized carbons (Fsp3) is 0.500. The molecule has 0 atom stereocenters. The van der Waals surface area contributed by atoms with E-state index < -0.39 is 21.7 Å². The van der Waals surface area contributed by atoms with Crippen molar-refractivity contribution in [2.24, 2.45) is 0 Å². The lowest BCUT2D eigenvalue weighted by Crippen LogP contribution is -2.35. The number of hydrogen-bond donors (Lipinski definition) is 3. The van der Waals surface area contributed by atoms with Crippen molar-refractivity contribution in [1.29, 1.82) is 0 Å². The molecule has 2 heterocycles. The van der Waals surface area contributed by atoms with Gasteiger partial charge in [-0.15, -0.1) is 11.3 Å². The van der Waals surface area contributed by atoms with E-state index in [0.717, 1.165) is 22.5 Å². The highest BCUT2D eigenvalue weighted by atomic mass is 32.2. The molecule has 0 aromatic carbocycles. The molecule has 0 aliphatic carbocycles. The lowest BCUT2D eigenvalue weighted by atomic mass is 9.95. The first kappa shape index (κ1) is 22.3. The van der Waals surface area contributed by atoms with Crippen molar-refractivity contribution in [1.82, 2.24) is 14.7 Å². The van der Waals surface area contributed by atoms with Gasteiger partial charge in [-0.3, -0.25) is 4.98 Å². The van der Waals surface area contributed by atoms with Crippen LogP contribution in [-0.4, -0.2) is 29.5 Å². The van der Waals surface area contributed by atoms with Gasteiger partial charge in [0.25, 0.3) is 10.0 Å². The van der Waals surface area contributed by atoms with Crippen molar-refractivity contribution in [2.75, 3.05) is 5.32 Å². The van der Waals surface area contributed by atoms with E-state index in [-0.39, 0.29) is 16.2 Å². The summed E-state index contributed by atoms with van der Waals surface area (Å²) in [5.74, 6) is 0.179. The number of amides is 2. The van der Waals surface area contributed by atoms with Crippen LogP contribution in [0.25, 0.3) is 0 Å². The minimum absolute atomic E-state index is 0.0893. The highest BCUT2D eigenvalue weighted by Crippen LogP contribution is 2.32. The smallest absolute Gasteiger partial charge is 0.333 e. The summed E-state index contributed by atoms with van der Waals surface area (Å²) in [5, 5.41) is 12.6.